The molecule has 210 valence electrons. The number of phosphoric ester groups is 2. The molecule has 0 aromatic carbocycles. The highest BCUT2D eigenvalue weighted by Crippen LogP contribution is 2.56. The number of hydrogen-bond acceptors (Lipinski definition) is 16. The van der Waals surface area contributed by atoms with Crippen molar-refractivity contribution in [2.45, 2.75) is 56.0 Å². The Hall–Kier alpha value is -1.83. The number of ether oxygens (including phenoxy) is 2. The maximum Gasteiger partial charge on any atom is 0.330 e. The Morgan fingerprint density at radius 1 is 1.19 bits per heavy atom. The fourth-order valence-electron chi connectivity index (χ4n) is 3.46. The highest BCUT2D eigenvalue weighted by Gasteiger charge is 2.45. The van der Waals surface area contributed by atoms with E-state index >= 15 is 0 Å². The first-order valence-corrected chi connectivity index (χ1v) is 13.3. The molecule has 19 nitrogen and oxygen atoms in total. The Labute approximate surface area is 206 Å². The highest BCUT2D eigenvalue weighted by molar-refractivity contribution is 7.59. The third-order valence-corrected chi connectivity index (χ3v) is 7.68. The van der Waals surface area contributed by atoms with Crippen LogP contribution in [0.15, 0.2) is 21.9 Å². The summed E-state index contributed by atoms with van der Waals surface area (Å²) in [5.74, 6) is -0.769. The fourth-order valence-corrected chi connectivity index (χ4v) is 5.56. The molecule has 1 amide bonds. The zero-order valence-electron chi connectivity index (χ0n) is 18.7. The van der Waals surface area contributed by atoms with E-state index in [2.05, 4.69) is 18.7 Å². The number of hydrogen-bond donors (Lipinski definition) is 6. The highest BCUT2D eigenvalue weighted by atomic mass is 31.3. The molecule has 3 rings (SSSR count). The Balaban J connectivity index is 1.62. The van der Waals surface area contributed by atoms with Gasteiger partial charge in [-0.2, -0.15) is 0 Å². The van der Waals surface area contributed by atoms with Crippen LogP contribution in [0.4, 0.5) is 0 Å². The number of aromatic nitrogens is 2. The van der Waals surface area contributed by atoms with Gasteiger partial charge in [0, 0.05) is 19.2 Å². The van der Waals surface area contributed by atoms with Crippen molar-refractivity contribution in [3.05, 3.63) is 33.1 Å². The average Bonchev–Trinajstić information content (AvgIpc) is 3.05. The van der Waals surface area contributed by atoms with Gasteiger partial charge in [0.05, 0.1) is 13.2 Å². The third-order valence-electron chi connectivity index (χ3n) is 5.15. The van der Waals surface area contributed by atoms with E-state index in [0.717, 1.165) is 19.2 Å². The molecule has 0 bridgehead atoms. The van der Waals surface area contributed by atoms with E-state index < -0.39 is 95.1 Å². The number of H-pyrrole nitrogens is 1. The van der Waals surface area contributed by atoms with Crippen LogP contribution in [0.2, 0.25) is 0 Å². The van der Waals surface area contributed by atoms with Crippen molar-refractivity contribution >= 4 is 21.6 Å². The molecule has 0 saturated carbocycles. The number of rotatable bonds is 9. The first kappa shape index (κ1) is 29.7. The second kappa shape index (κ2) is 11.5. The van der Waals surface area contributed by atoms with Crippen molar-refractivity contribution < 1.29 is 67.0 Å². The summed E-state index contributed by atoms with van der Waals surface area (Å²) >= 11 is 0. The zero-order chi connectivity index (χ0) is 27.7. The molecule has 2 unspecified atom stereocenters. The number of aliphatic hydroxyl groups excluding tert-OH is 4. The second-order valence-electron chi connectivity index (χ2n) is 7.93. The van der Waals surface area contributed by atoms with E-state index in [9.17, 15) is 53.7 Å². The molecule has 37 heavy (non-hydrogen) atoms. The molecule has 6 N–H and O–H groups in total. The summed E-state index contributed by atoms with van der Waals surface area (Å²) in [6.07, 6.45) is -11.1. The third kappa shape index (κ3) is 7.39. The Morgan fingerprint density at radius 3 is 2.49 bits per heavy atom. The molecule has 2 aliphatic heterocycles. The molecule has 3 heterocycles. The van der Waals surface area contributed by atoms with Gasteiger partial charge in [0.1, 0.15) is 36.6 Å². The van der Waals surface area contributed by atoms with Crippen LogP contribution in [-0.2, 0) is 36.8 Å². The SMILES string of the molecule is CC(=O)N[C@H]1[C@@H](OP(=O)([O-])OP(=O)([O-])OC[C@H]2O[C@@H](n3ccc(=O)[nH]c3=O)[C@H](O)[C@@H]2O)OC[C@@H](O)[C@@H]1O. The number of carbonyl (C=O) groups excluding carboxylic acids is 1. The first-order valence-electron chi connectivity index (χ1n) is 10.3. The number of carbonyl (C=O) groups is 1. The predicted octanol–water partition coefficient (Wildman–Crippen LogP) is -5.27. The first-order chi connectivity index (χ1) is 17.1. The molecule has 21 heteroatoms. The lowest BCUT2D eigenvalue weighted by atomic mass is 10.0. The number of nitrogens with zero attached hydrogens (tertiary/aromatic N) is 1. The van der Waals surface area contributed by atoms with Crippen molar-refractivity contribution in [1.29, 1.82) is 0 Å². The van der Waals surface area contributed by atoms with E-state index in [4.69, 9.17) is 9.47 Å². The van der Waals surface area contributed by atoms with Crippen molar-refractivity contribution in [1.82, 2.24) is 14.9 Å². The van der Waals surface area contributed by atoms with Crippen molar-refractivity contribution in [2.75, 3.05) is 13.2 Å². The van der Waals surface area contributed by atoms with E-state index in [1.54, 1.807) is 0 Å². The van der Waals surface area contributed by atoms with Gasteiger partial charge >= 0.3 is 5.69 Å². The summed E-state index contributed by atoms with van der Waals surface area (Å²) in [5.41, 5.74) is -1.76. The number of aromatic amines is 1. The van der Waals surface area contributed by atoms with Crippen LogP contribution in [0.5, 0.6) is 0 Å². The number of nitrogens with one attached hydrogen (secondary N) is 2. The maximum absolute atomic E-state index is 12.2. The van der Waals surface area contributed by atoms with Gasteiger partial charge in [0.2, 0.25) is 5.91 Å². The van der Waals surface area contributed by atoms with Gasteiger partial charge in [-0.05, 0) is 0 Å². The zero-order valence-corrected chi connectivity index (χ0v) is 20.5. The average molecular weight is 575 g/mol. The molecule has 0 aliphatic carbocycles. The number of amides is 1. The van der Waals surface area contributed by atoms with Crippen molar-refractivity contribution in [3.8, 4) is 0 Å². The number of phosphoric acid groups is 2. The quantitative estimate of drug-likeness (QED) is 0.150. The molecular weight excluding hydrogens is 552 g/mol. The van der Waals surface area contributed by atoms with E-state index in [1.165, 1.54) is 0 Å². The van der Waals surface area contributed by atoms with Crippen LogP contribution in [0, 0.1) is 0 Å². The summed E-state index contributed by atoms with van der Waals surface area (Å²) < 4.78 is 47.9. The van der Waals surface area contributed by atoms with E-state index in [-0.39, 0.29) is 0 Å². The summed E-state index contributed by atoms with van der Waals surface area (Å²) in [6, 6.07) is -0.707. The topological polar surface area (TPSA) is 291 Å². The summed E-state index contributed by atoms with van der Waals surface area (Å²) in [6.45, 7) is -0.717. The second-order valence-corrected chi connectivity index (χ2v) is 10.8. The maximum atomic E-state index is 12.2. The lowest BCUT2D eigenvalue weighted by Crippen LogP contribution is -2.60. The normalized spacial score (nSPS) is 35.4. The van der Waals surface area contributed by atoms with Gasteiger partial charge in [-0.3, -0.25) is 32.8 Å². The molecule has 1 aromatic rings. The summed E-state index contributed by atoms with van der Waals surface area (Å²) in [4.78, 5) is 60.5. The van der Waals surface area contributed by atoms with Gasteiger partial charge in [-0.1, -0.05) is 0 Å². The van der Waals surface area contributed by atoms with Crippen LogP contribution < -0.4 is 26.4 Å². The van der Waals surface area contributed by atoms with E-state index in [1.807, 2.05) is 4.98 Å². The summed E-state index contributed by atoms with van der Waals surface area (Å²) in [5, 5.41) is 42.0. The molecular formula is C16H23N3O16P2-2. The molecule has 0 radical (unpaired) electrons. The van der Waals surface area contributed by atoms with E-state index in [0.29, 0.717) is 4.57 Å². The van der Waals surface area contributed by atoms with Gasteiger partial charge in [0.25, 0.3) is 21.2 Å². The van der Waals surface area contributed by atoms with Crippen molar-refractivity contribution in [3.63, 3.8) is 0 Å². The minimum Gasteiger partial charge on any atom is -0.756 e. The van der Waals surface area contributed by atoms with Crippen LogP contribution in [0.25, 0.3) is 0 Å². The van der Waals surface area contributed by atoms with Gasteiger partial charge in [-0.25, -0.2) is 9.11 Å². The van der Waals surface area contributed by atoms with Gasteiger partial charge in [-0.15, -0.1) is 0 Å². The smallest absolute Gasteiger partial charge is 0.330 e. The Morgan fingerprint density at radius 2 is 1.86 bits per heavy atom. The van der Waals surface area contributed by atoms with Gasteiger partial charge < -0.3 is 49.5 Å². The van der Waals surface area contributed by atoms with Crippen LogP contribution in [0.3, 0.4) is 0 Å². The molecule has 2 fully saturated rings. The minimum atomic E-state index is -5.82. The Kier molecular flexibility index (Phi) is 9.24. The molecule has 2 saturated heterocycles. The van der Waals surface area contributed by atoms with Crippen LogP contribution >= 0.6 is 15.6 Å². The molecule has 0 spiro atoms. The molecule has 1 aromatic heterocycles. The molecule has 2 aliphatic rings. The molecule has 10 atom stereocenters. The lowest BCUT2D eigenvalue weighted by molar-refractivity contribution is -0.270. The largest absolute Gasteiger partial charge is 0.756 e. The van der Waals surface area contributed by atoms with Crippen LogP contribution in [0.1, 0.15) is 13.2 Å². The van der Waals surface area contributed by atoms with Crippen LogP contribution in [-0.4, -0.2) is 91.9 Å². The summed E-state index contributed by atoms with van der Waals surface area (Å²) in [7, 11) is -11.6. The van der Waals surface area contributed by atoms with Crippen molar-refractivity contribution in [2.24, 2.45) is 0 Å². The lowest BCUT2D eigenvalue weighted by Gasteiger charge is -2.41. The fraction of sp³-hybridized carbons (Fsp3) is 0.688. The Bertz CT molecular complexity index is 1190. The predicted molar refractivity (Wildman–Crippen MR) is 110 cm³/mol. The minimum absolute atomic E-state index is 0.633. The monoisotopic (exact) mass is 575 g/mol. The van der Waals surface area contributed by atoms with Gasteiger partial charge in [0.15, 0.2) is 12.5 Å². The standard InChI is InChI=1S/C16H25N3O16P2/c1-6(20)17-10-11(23)7(21)4-31-15(10)34-37(29,30)35-36(27,28)32-5-8-12(24)13(25)14(33-8)19-3-2-9(22)18-16(19)26/h2-3,7-8,10-15,21,23-25H,4-5H2,1H3,(H,17,20)(H,27,28)(H,29,30)(H,18,22,26)/p-2/t7-,8-,10-,11+,12-,13-,14-,15-/m1/s1. The number of aliphatic hydroxyl groups is 4.